The Bertz CT molecular complexity index is 300. The summed E-state index contributed by atoms with van der Waals surface area (Å²) in [6.07, 6.45) is 5.76. The molecule has 0 aromatic carbocycles. The maximum absolute atomic E-state index is 5.70. The van der Waals surface area contributed by atoms with Gasteiger partial charge in [-0.1, -0.05) is 26.7 Å². The van der Waals surface area contributed by atoms with E-state index >= 15 is 0 Å². The predicted octanol–water partition coefficient (Wildman–Crippen LogP) is 2.12. The quantitative estimate of drug-likeness (QED) is 0.843. The first kappa shape index (κ1) is 13.8. The van der Waals surface area contributed by atoms with Gasteiger partial charge >= 0.3 is 0 Å². The average molecular weight is 266 g/mol. The molecular formula is C16H30N2O. The Morgan fingerprint density at radius 3 is 2.32 bits per heavy atom. The van der Waals surface area contributed by atoms with Crippen LogP contribution in [0.3, 0.4) is 0 Å². The van der Waals surface area contributed by atoms with E-state index in [4.69, 9.17) is 4.74 Å². The molecule has 0 radical (unpaired) electrons. The monoisotopic (exact) mass is 266 g/mol. The third-order valence-electron chi connectivity index (χ3n) is 6.03. The van der Waals surface area contributed by atoms with Crippen molar-refractivity contribution in [3.8, 4) is 0 Å². The van der Waals surface area contributed by atoms with Gasteiger partial charge in [0.2, 0.25) is 0 Å². The van der Waals surface area contributed by atoms with Crippen molar-refractivity contribution < 1.29 is 4.74 Å². The van der Waals surface area contributed by atoms with E-state index in [1.54, 1.807) is 0 Å². The van der Waals surface area contributed by atoms with Crippen LogP contribution in [0.15, 0.2) is 0 Å². The molecular weight excluding hydrogens is 236 g/mol. The van der Waals surface area contributed by atoms with Crippen molar-refractivity contribution >= 4 is 0 Å². The smallest absolute Gasteiger partial charge is 0.0553 e. The van der Waals surface area contributed by atoms with Crippen LogP contribution in [0.4, 0.5) is 0 Å². The Labute approximate surface area is 118 Å². The fraction of sp³-hybridized carbons (Fsp3) is 1.00. The van der Waals surface area contributed by atoms with Crippen LogP contribution in [0, 0.1) is 16.7 Å². The van der Waals surface area contributed by atoms with Gasteiger partial charge in [-0.15, -0.1) is 0 Å². The molecule has 0 aromatic heterocycles. The summed E-state index contributed by atoms with van der Waals surface area (Å²) in [5.41, 5.74) is 0.853. The number of hydrogen-bond acceptors (Lipinski definition) is 3. The van der Waals surface area contributed by atoms with E-state index in [2.05, 4.69) is 24.1 Å². The van der Waals surface area contributed by atoms with Gasteiger partial charge in [0, 0.05) is 38.1 Å². The van der Waals surface area contributed by atoms with Crippen LogP contribution < -0.4 is 5.32 Å². The molecule has 3 nitrogen and oxygen atoms in total. The largest absolute Gasteiger partial charge is 0.380 e. The van der Waals surface area contributed by atoms with E-state index in [9.17, 15) is 0 Å². The molecule has 3 fully saturated rings. The highest BCUT2D eigenvalue weighted by Crippen LogP contribution is 2.55. The lowest BCUT2D eigenvalue weighted by Gasteiger charge is -2.57. The van der Waals surface area contributed by atoms with Crippen LogP contribution in [0.5, 0.6) is 0 Å². The highest BCUT2D eigenvalue weighted by molar-refractivity contribution is 5.04. The summed E-state index contributed by atoms with van der Waals surface area (Å²) < 4.78 is 5.70. The number of ether oxygens (including phenoxy) is 1. The Morgan fingerprint density at radius 1 is 1.16 bits per heavy atom. The first-order valence-corrected chi connectivity index (χ1v) is 8.15. The molecule has 2 aliphatic heterocycles. The van der Waals surface area contributed by atoms with Crippen molar-refractivity contribution in [3.05, 3.63) is 0 Å². The molecule has 1 saturated carbocycles. The zero-order chi connectivity index (χ0) is 13.3. The van der Waals surface area contributed by atoms with Gasteiger partial charge in [-0.25, -0.2) is 0 Å². The minimum atomic E-state index is 0.387. The van der Waals surface area contributed by atoms with Crippen LogP contribution in [-0.2, 0) is 4.74 Å². The molecule has 110 valence electrons. The maximum atomic E-state index is 5.70. The van der Waals surface area contributed by atoms with Crippen molar-refractivity contribution in [2.45, 2.75) is 39.5 Å². The fourth-order valence-corrected chi connectivity index (χ4v) is 4.57. The van der Waals surface area contributed by atoms with Gasteiger partial charge in [-0.3, -0.25) is 0 Å². The minimum Gasteiger partial charge on any atom is -0.380 e. The topological polar surface area (TPSA) is 24.5 Å². The third kappa shape index (κ3) is 2.45. The summed E-state index contributed by atoms with van der Waals surface area (Å²) in [6, 6.07) is 0. The molecule has 2 saturated heterocycles. The lowest BCUT2D eigenvalue weighted by Crippen LogP contribution is -2.61. The van der Waals surface area contributed by atoms with Gasteiger partial charge in [0.25, 0.3) is 0 Å². The molecule has 0 atom stereocenters. The molecule has 0 unspecified atom stereocenters. The molecule has 3 aliphatic rings. The molecule has 0 spiro atoms. The van der Waals surface area contributed by atoms with Crippen molar-refractivity contribution in [1.82, 2.24) is 10.2 Å². The van der Waals surface area contributed by atoms with Gasteiger partial charge in [0.15, 0.2) is 0 Å². The van der Waals surface area contributed by atoms with E-state index in [1.165, 1.54) is 45.3 Å². The second-order valence-corrected chi connectivity index (χ2v) is 7.54. The molecule has 3 heteroatoms. The lowest BCUT2D eigenvalue weighted by atomic mass is 9.56. The molecule has 2 heterocycles. The van der Waals surface area contributed by atoms with Crippen LogP contribution >= 0.6 is 0 Å². The summed E-state index contributed by atoms with van der Waals surface area (Å²) in [5.74, 6) is 0.916. The van der Waals surface area contributed by atoms with Gasteiger partial charge in [0.05, 0.1) is 13.2 Å². The molecule has 1 N–H and O–H groups in total. The van der Waals surface area contributed by atoms with Crippen molar-refractivity contribution in [2.24, 2.45) is 16.7 Å². The van der Waals surface area contributed by atoms with E-state index < -0.39 is 0 Å². The summed E-state index contributed by atoms with van der Waals surface area (Å²) >= 11 is 0. The van der Waals surface area contributed by atoms with Crippen LogP contribution in [0.1, 0.15) is 39.5 Å². The zero-order valence-corrected chi connectivity index (χ0v) is 12.7. The average Bonchev–Trinajstić information content (AvgIpc) is 2.81. The van der Waals surface area contributed by atoms with Crippen LogP contribution in [-0.4, -0.2) is 50.8 Å². The molecule has 19 heavy (non-hydrogen) atoms. The lowest BCUT2D eigenvalue weighted by molar-refractivity contribution is -0.210. The summed E-state index contributed by atoms with van der Waals surface area (Å²) in [5, 5.41) is 3.46. The van der Waals surface area contributed by atoms with Crippen LogP contribution in [0.25, 0.3) is 0 Å². The van der Waals surface area contributed by atoms with Gasteiger partial charge in [0.1, 0.15) is 0 Å². The predicted molar refractivity (Wildman–Crippen MR) is 78.3 cm³/mol. The molecule has 0 bridgehead atoms. The standard InChI is InChI=1S/C16H30N2O/c1-15(2,11-18-9-7-17-8-10-18)16(12-19-13-16)14-5-3-4-6-14/h14,17H,3-13H2,1-2H3. The Kier molecular flexibility index (Phi) is 3.89. The SMILES string of the molecule is CC(C)(CN1CCNCC1)C1(C2CCCC2)COC1. The first-order valence-electron chi connectivity index (χ1n) is 8.15. The number of rotatable bonds is 4. The Balaban J connectivity index is 1.69. The zero-order valence-electron chi connectivity index (χ0n) is 12.7. The molecule has 1 aliphatic carbocycles. The highest BCUT2D eigenvalue weighted by atomic mass is 16.5. The summed E-state index contributed by atoms with van der Waals surface area (Å²) in [6.45, 7) is 13.0. The number of nitrogens with one attached hydrogen (secondary N) is 1. The van der Waals surface area contributed by atoms with Crippen molar-refractivity contribution in [1.29, 1.82) is 0 Å². The first-order chi connectivity index (χ1) is 9.14. The normalized spacial score (nSPS) is 29.4. The van der Waals surface area contributed by atoms with Gasteiger partial charge in [-0.2, -0.15) is 0 Å². The Morgan fingerprint density at radius 2 is 1.79 bits per heavy atom. The molecule has 3 rings (SSSR count). The third-order valence-corrected chi connectivity index (χ3v) is 6.03. The minimum absolute atomic E-state index is 0.387. The van der Waals surface area contributed by atoms with Crippen molar-refractivity contribution in [2.75, 3.05) is 45.9 Å². The summed E-state index contributed by atoms with van der Waals surface area (Å²) in [7, 11) is 0. The second kappa shape index (κ2) is 5.34. The molecule has 0 aromatic rings. The molecule has 0 amide bonds. The van der Waals surface area contributed by atoms with E-state index in [0.717, 1.165) is 32.2 Å². The number of hydrogen-bond donors (Lipinski definition) is 1. The van der Waals surface area contributed by atoms with Crippen LogP contribution in [0.2, 0.25) is 0 Å². The maximum Gasteiger partial charge on any atom is 0.0553 e. The number of nitrogens with zero attached hydrogens (tertiary/aromatic N) is 1. The Hall–Kier alpha value is -0.120. The summed E-state index contributed by atoms with van der Waals surface area (Å²) in [4.78, 5) is 2.66. The highest BCUT2D eigenvalue weighted by Gasteiger charge is 2.56. The second-order valence-electron chi connectivity index (χ2n) is 7.54. The number of piperazine rings is 1. The van der Waals surface area contributed by atoms with E-state index in [0.29, 0.717) is 10.8 Å². The van der Waals surface area contributed by atoms with Gasteiger partial charge in [-0.05, 0) is 24.2 Å². The fourth-order valence-electron chi connectivity index (χ4n) is 4.57. The van der Waals surface area contributed by atoms with E-state index in [-0.39, 0.29) is 0 Å². The van der Waals surface area contributed by atoms with Gasteiger partial charge < -0.3 is 15.0 Å². The van der Waals surface area contributed by atoms with E-state index in [1.807, 2.05) is 0 Å². The van der Waals surface area contributed by atoms with Crippen molar-refractivity contribution in [3.63, 3.8) is 0 Å².